The number of benzene rings is 1. The van der Waals surface area contributed by atoms with Crippen LogP contribution in [0.1, 0.15) is 38.7 Å². The molecule has 2 nitrogen and oxygen atoms in total. The summed E-state index contributed by atoms with van der Waals surface area (Å²) >= 11 is 0. The average molecular weight is 217 g/mol. The molecule has 0 saturated heterocycles. The molecule has 0 aromatic heterocycles. The van der Waals surface area contributed by atoms with Gasteiger partial charge in [-0.15, -0.1) is 0 Å². The predicted octanol–water partition coefficient (Wildman–Crippen LogP) is 3.11. The second-order valence-corrected chi connectivity index (χ2v) is 4.82. The van der Waals surface area contributed by atoms with Gasteiger partial charge < -0.3 is 4.90 Å². The molecule has 1 atom stereocenters. The summed E-state index contributed by atoms with van der Waals surface area (Å²) in [4.78, 5) is 14.1. The maximum absolute atomic E-state index is 12.3. The fourth-order valence-electron chi connectivity index (χ4n) is 2.60. The maximum Gasteiger partial charge on any atom is 0.237 e. The normalized spacial score (nSPS) is 23.7. The molecule has 1 aliphatic heterocycles. The molecule has 86 valence electrons. The smallest absolute Gasteiger partial charge is 0.237 e. The lowest BCUT2D eigenvalue weighted by Gasteiger charge is -2.22. The van der Waals surface area contributed by atoms with E-state index in [0.29, 0.717) is 0 Å². The summed E-state index contributed by atoms with van der Waals surface area (Å²) in [5.41, 5.74) is 1.96. The number of rotatable bonds is 3. The van der Waals surface area contributed by atoms with Gasteiger partial charge in [0.15, 0.2) is 0 Å². The molecule has 0 radical (unpaired) electrons. The number of hydrogen-bond donors (Lipinski definition) is 0. The lowest BCUT2D eigenvalue weighted by atomic mass is 9.79. The Morgan fingerprint density at radius 2 is 2.00 bits per heavy atom. The lowest BCUT2D eigenvalue weighted by Crippen LogP contribution is -2.36. The molecule has 2 heteroatoms. The number of fused-ring (bicyclic) bond motifs is 1. The van der Waals surface area contributed by atoms with E-state index < -0.39 is 0 Å². The van der Waals surface area contributed by atoms with Gasteiger partial charge in [0.25, 0.3) is 0 Å². The summed E-state index contributed by atoms with van der Waals surface area (Å²) in [7, 11) is 1.87. The number of amides is 1. The van der Waals surface area contributed by atoms with E-state index in [1.165, 1.54) is 5.56 Å². The highest BCUT2D eigenvalue weighted by Crippen LogP contribution is 2.43. The number of carbonyl (C=O) groups excluding carboxylic acids is 1. The van der Waals surface area contributed by atoms with Crippen LogP contribution >= 0.6 is 0 Å². The second kappa shape index (κ2) is 3.93. The van der Waals surface area contributed by atoms with Crippen LogP contribution in [0.2, 0.25) is 0 Å². The SMILES string of the molecule is CCCCC1(C)C(=O)N(C)c2ccccc21. The van der Waals surface area contributed by atoms with Gasteiger partial charge in [-0.05, 0) is 25.0 Å². The van der Waals surface area contributed by atoms with Crippen molar-refractivity contribution >= 4 is 11.6 Å². The van der Waals surface area contributed by atoms with Crippen molar-refractivity contribution in [3.8, 4) is 0 Å². The molecule has 1 heterocycles. The van der Waals surface area contributed by atoms with Gasteiger partial charge in [-0.25, -0.2) is 0 Å². The highest BCUT2D eigenvalue weighted by atomic mass is 16.2. The number of unbranched alkanes of at least 4 members (excludes halogenated alkanes) is 1. The van der Waals surface area contributed by atoms with Crippen molar-refractivity contribution in [2.24, 2.45) is 0 Å². The molecule has 1 amide bonds. The molecule has 0 bridgehead atoms. The van der Waals surface area contributed by atoms with Gasteiger partial charge in [0.2, 0.25) is 5.91 Å². The van der Waals surface area contributed by atoms with Crippen molar-refractivity contribution in [2.45, 2.75) is 38.5 Å². The third-order valence-corrected chi connectivity index (χ3v) is 3.67. The summed E-state index contributed by atoms with van der Waals surface area (Å²) in [5, 5.41) is 0. The molecule has 0 spiro atoms. The van der Waals surface area contributed by atoms with E-state index >= 15 is 0 Å². The van der Waals surface area contributed by atoms with Crippen molar-refractivity contribution in [1.82, 2.24) is 0 Å². The van der Waals surface area contributed by atoms with Crippen molar-refractivity contribution < 1.29 is 4.79 Å². The molecule has 1 unspecified atom stereocenters. The van der Waals surface area contributed by atoms with E-state index in [4.69, 9.17) is 0 Å². The topological polar surface area (TPSA) is 20.3 Å². The monoisotopic (exact) mass is 217 g/mol. The Balaban J connectivity index is 2.43. The van der Waals surface area contributed by atoms with E-state index in [2.05, 4.69) is 19.9 Å². The second-order valence-electron chi connectivity index (χ2n) is 4.82. The highest BCUT2D eigenvalue weighted by Gasteiger charge is 2.44. The van der Waals surface area contributed by atoms with Crippen LogP contribution in [0.25, 0.3) is 0 Å². The molecule has 1 aliphatic rings. The van der Waals surface area contributed by atoms with Gasteiger partial charge in [0.05, 0.1) is 5.41 Å². The Labute approximate surface area is 97.3 Å². The minimum absolute atomic E-state index is 0.238. The van der Waals surface area contributed by atoms with Gasteiger partial charge in [0, 0.05) is 12.7 Å². The zero-order valence-corrected chi connectivity index (χ0v) is 10.3. The highest BCUT2D eigenvalue weighted by molar-refractivity contribution is 6.07. The molecule has 0 aliphatic carbocycles. The van der Waals surface area contributed by atoms with Gasteiger partial charge in [0.1, 0.15) is 0 Å². The molecule has 0 saturated carbocycles. The Morgan fingerprint density at radius 3 is 2.69 bits per heavy atom. The van der Waals surface area contributed by atoms with E-state index in [0.717, 1.165) is 24.9 Å². The quantitative estimate of drug-likeness (QED) is 0.761. The molecule has 0 N–H and O–H groups in total. The Morgan fingerprint density at radius 1 is 1.31 bits per heavy atom. The summed E-state index contributed by atoms with van der Waals surface area (Å²) in [6, 6.07) is 8.14. The van der Waals surface area contributed by atoms with Crippen LogP contribution in [0.4, 0.5) is 5.69 Å². The number of para-hydroxylation sites is 1. The molecular weight excluding hydrogens is 198 g/mol. The summed E-state index contributed by atoms with van der Waals surface area (Å²) < 4.78 is 0. The minimum Gasteiger partial charge on any atom is -0.314 e. The van der Waals surface area contributed by atoms with Crippen molar-refractivity contribution in [1.29, 1.82) is 0 Å². The summed E-state index contributed by atoms with van der Waals surface area (Å²) in [6.45, 7) is 4.24. The van der Waals surface area contributed by atoms with Gasteiger partial charge >= 0.3 is 0 Å². The zero-order chi connectivity index (χ0) is 11.8. The zero-order valence-electron chi connectivity index (χ0n) is 10.3. The molecule has 0 fully saturated rings. The third kappa shape index (κ3) is 1.44. The van der Waals surface area contributed by atoms with Gasteiger partial charge in [-0.1, -0.05) is 38.0 Å². The number of carbonyl (C=O) groups is 1. The summed E-state index contributed by atoms with van der Waals surface area (Å²) in [6.07, 6.45) is 3.18. The Kier molecular flexibility index (Phi) is 2.75. The molecular formula is C14H19NO. The largest absolute Gasteiger partial charge is 0.314 e. The lowest BCUT2D eigenvalue weighted by molar-refractivity contribution is -0.122. The minimum atomic E-state index is -0.304. The fraction of sp³-hybridized carbons (Fsp3) is 0.500. The van der Waals surface area contributed by atoms with E-state index in [-0.39, 0.29) is 11.3 Å². The first-order valence-corrected chi connectivity index (χ1v) is 5.99. The standard InChI is InChI=1S/C14H19NO/c1-4-5-10-14(2)11-8-6-7-9-12(11)15(3)13(14)16/h6-9H,4-5,10H2,1-3H3. The number of hydrogen-bond acceptors (Lipinski definition) is 1. The van der Waals surface area contributed by atoms with Gasteiger partial charge in [-0.3, -0.25) is 4.79 Å². The molecule has 1 aromatic carbocycles. The number of anilines is 1. The van der Waals surface area contributed by atoms with Gasteiger partial charge in [-0.2, -0.15) is 0 Å². The Bertz CT molecular complexity index is 413. The van der Waals surface area contributed by atoms with E-state index in [1.807, 2.05) is 25.2 Å². The predicted molar refractivity (Wildman–Crippen MR) is 66.7 cm³/mol. The first-order valence-electron chi connectivity index (χ1n) is 5.99. The fourth-order valence-corrected chi connectivity index (χ4v) is 2.60. The van der Waals surface area contributed by atoms with Crippen molar-refractivity contribution in [3.05, 3.63) is 29.8 Å². The van der Waals surface area contributed by atoms with Crippen molar-refractivity contribution in [3.63, 3.8) is 0 Å². The van der Waals surface area contributed by atoms with E-state index in [1.54, 1.807) is 4.90 Å². The van der Waals surface area contributed by atoms with Crippen LogP contribution in [0.15, 0.2) is 24.3 Å². The average Bonchev–Trinajstić information content (AvgIpc) is 2.51. The maximum atomic E-state index is 12.3. The Hall–Kier alpha value is -1.31. The molecule has 16 heavy (non-hydrogen) atoms. The van der Waals surface area contributed by atoms with Crippen molar-refractivity contribution in [2.75, 3.05) is 11.9 Å². The van der Waals surface area contributed by atoms with Crippen LogP contribution in [0.5, 0.6) is 0 Å². The van der Waals surface area contributed by atoms with Crippen LogP contribution in [-0.2, 0) is 10.2 Å². The van der Waals surface area contributed by atoms with Crippen LogP contribution in [-0.4, -0.2) is 13.0 Å². The van der Waals surface area contributed by atoms with Crippen LogP contribution in [0.3, 0.4) is 0 Å². The first-order chi connectivity index (χ1) is 7.61. The number of likely N-dealkylation sites (N-methyl/N-ethyl adjacent to an activating group) is 1. The first kappa shape index (κ1) is 11.2. The summed E-state index contributed by atoms with van der Waals surface area (Å²) in [5.74, 6) is 0.238. The third-order valence-electron chi connectivity index (χ3n) is 3.67. The molecule has 2 rings (SSSR count). The van der Waals surface area contributed by atoms with E-state index in [9.17, 15) is 4.79 Å². The molecule has 1 aromatic rings. The van der Waals surface area contributed by atoms with Crippen LogP contribution in [0, 0.1) is 0 Å². The van der Waals surface area contributed by atoms with Crippen LogP contribution < -0.4 is 4.90 Å². The number of nitrogens with zero attached hydrogens (tertiary/aromatic N) is 1.